The Morgan fingerprint density at radius 1 is 0.889 bits per heavy atom. The fraction of sp³-hybridized carbons (Fsp3) is 0.517. The largest absolute Gasteiger partial charge is 0.494 e. The van der Waals surface area contributed by atoms with E-state index >= 15 is 0 Å². The molecule has 0 aromatic heterocycles. The molecule has 0 aliphatic carbocycles. The summed E-state index contributed by atoms with van der Waals surface area (Å²) in [6.07, 6.45) is 5.23. The third kappa shape index (κ3) is 9.44. The highest BCUT2D eigenvalue weighted by Crippen LogP contribution is 2.16. The van der Waals surface area contributed by atoms with Crippen LogP contribution in [0.4, 0.5) is 15.3 Å². The Kier molecular flexibility index (Phi) is 10.0. The van der Waals surface area contributed by atoms with Crippen LogP contribution in [0, 0.1) is 6.92 Å². The van der Waals surface area contributed by atoms with Crippen LogP contribution in [0.1, 0.15) is 57.6 Å². The van der Waals surface area contributed by atoms with Crippen LogP contribution in [-0.2, 0) is 11.2 Å². The molecule has 1 fully saturated rings. The molecule has 0 radical (unpaired) electrons. The van der Waals surface area contributed by atoms with Crippen molar-refractivity contribution in [2.24, 2.45) is 0 Å². The van der Waals surface area contributed by atoms with E-state index in [9.17, 15) is 9.59 Å². The van der Waals surface area contributed by atoms with E-state index < -0.39 is 5.60 Å². The lowest BCUT2D eigenvalue weighted by molar-refractivity contribution is 0.0174. The molecule has 0 spiro atoms. The van der Waals surface area contributed by atoms with E-state index in [1.807, 2.05) is 45.0 Å². The Morgan fingerprint density at radius 2 is 1.56 bits per heavy atom. The maximum absolute atomic E-state index is 12.6. The van der Waals surface area contributed by atoms with Crippen molar-refractivity contribution in [3.05, 3.63) is 59.7 Å². The van der Waals surface area contributed by atoms with Crippen molar-refractivity contribution in [1.82, 2.24) is 9.80 Å². The second-order valence-electron chi connectivity index (χ2n) is 10.4. The minimum absolute atomic E-state index is 0.139. The fourth-order valence-corrected chi connectivity index (χ4v) is 4.06. The molecule has 196 valence electrons. The zero-order valence-corrected chi connectivity index (χ0v) is 22.2. The lowest BCUT2D eigenvalue weighted by atomic mass is 10.1. The van der Waals surface area contributed by atoms with Crippen LogP contribution in [0.5, 0.6) is 5.75 Å². The molecular formula is C29H41N3O4. The van der Waals surface area contributed by atoms with Crippen molar-refractivity contribution in [2.45, 2.75) is 65.4 Å². The molecule has 0 atom stereocenters. The highest BCUT2D eigenvalue weighted by atomic mass is 16.6. The van der Waals surface area contributed by atoms with Crippen LogP contribution in [0.3, 0.4) is 0 Å². The number of piperazine rings is 1. The van der Waals surface area contributed by atoms with Crippen LogP contribution < -0.4 is 10.1 Å². The van der Waals surface area contributed by atoms with Gasteiger partial charge in [0.05, 0.1) is 6.61 Å². The first-order valence-electron chi connectivity index (χ1n) is 13.0. The molecule has 1 aliphatic heterocycles. The fourth-order valence-electron chi connectivity index (χ4n) is 4.06. The van der Waals surface area contributed by atoms with Crippen molar-refractivity contribution < 1.29 is 19.1 Å². The summed E-state index contributed by atoms with van der Waals surface area (Å²) in [4.78, 5) is 28.2. The zero-order chi connectivity index (χ0) is 26.0. The monoisotopic (exact) mass is 495 g/mol. The minimum Gasteiger partial charge on any atom is -0.494 e. The van der Waals surface area contributed by atoms with E-state index in [-0.39, 0.29) is 12.1 Å². The van der Waals surface area contributed by atoms with Gasteiger partial charge in [0.1, 0.15) is 11.4 Å². The number of carbonyl (C=O) groups excluding carboxylic acids is 2. The summed E-state index contributed by atoms with van der Waals surface area (Å²) in [6, 6.07) is 16.1. The van der Waals surface area contributed by atoms with Crippen LogP contribution >= 0.6 is 0 Å². The number of urea groups is 1. The maximum atomic E-state index is 12.6. The van der Waals surface area contributed by atoms with Gasteiger partial charge in [0.15, 0.2) is 0 Å². The van der Waals surface area contributed by atoms with Gasteiger partial charge >= 0.3 is 12.1 Å². The van der Waals surface area contributed by atoms with Gasteiger partial charge in [-0.3, -0.25) is 0 Å². The molecule has 7 nitrogen and oxygen atoms in total. The number of hydrogen-bond donors (Lipinski definition) is 1. The van der Waals surface area contributed by atoms with Gasteiger partial charge in [-0.2, -0.15) is 0 Å². The zero-order valence-electron chi connectivity index (χ0n) is 22.2. The third-order valence-corrected chi connectivity index (χ3v) is 6.04. The van der Waals surface area contributed by atoms with Gasteiger partial charge in [-0.05, 0) is 82.3 Å². The molecule has 1 heterocycles. The molecule has 0 unspecified atom stereocenters. The molecule has 3 rings (SSSR count). The van der Waals surface area contributed by atoms with Crippen molar-refractivity contribution in [2.75, 3.05) is 38.1 Å². The number of unbranched alkanes of at least 4 members (excludes halogenated alkanes) is 3. The molecule has 0 saturated carbocycles. The Bertz CT molecular complexity index is 977. The topological polar surface area (TPSA) is 71.1 Å². The summed E-state index contributed by atoms with van der Waals surface area (Å²) < 4.78 is 11.2. The molecule has 0 bridgehead atoms. The Labute approximate surface area is 215 Å². The number of nitrogens with zero attached hydrogens (tertiary/aromatic N) is 2. The normalized spacial score (nSPS) is 13.9. The average Bonchev–Trinajstić information content (AvgIpc) is 2.83. The standard InChI is InChI=1S/C29H41N3O4/c1-23-10-9-12-26(22-23)35-21-8-6-5-7-11-24-13-15-25(16-14-24)30-27(33)31-17-19-32(20-18-31)28(34)36-29(2,3)4/h9-10,12-16,22H,5-8,11,17-21H2,1-4H3,(H,30,33). The number of benzene rings is 2. The van der Waals surface area contributed by atoms with Gasteiger partial charge in [-0.15, -0.1) is 0 Å². The van der Waals surface area contributed by atoms with E-state index in [1.54, 1.807) is 9.80 Å². The van der Waals surface area contributed by atoms with Gasteiger partial charge < -0.3 is 24.6 Å². The lowest BCUT2D eigenvalue weighted by Gasteiger charge is -2.35. The van der Waals surface area contributed by atoms with E-state index in [4.69, 9.17) is 9.47 Å². The molecule has 2 aromatic rings. The Morgan fingerprint density at radius 3 is 2.22 bits per heavy atom. The second kappa shape index (κ2) is 13.2. The highest BCUT2D eigenvalue weighted by molar-refractivity contribution is 5.89. The summed E-state index contributed by atoms with van der Waals surface area (Å²) in [6.45, 7) is 10.3. The van der Waals surface area contributed by atoms with Gasteiger partial charge in [0.2, 0.25) is 0 Å². The molecule has 36 heavy (non-hydrogen) atoms. The molecular weight excluding hydrogens is 454 g/mol. The van der Waals surface area contributed by atoms with Crippen LogP contribution in [0.2, 0.25) is 0 Å². The van der Waals surface area contributed by atoms with Gasteiger partial charge in [0, 0.05) is 31.9 Å². The molecule has 1 aliphatic rings. The second-order valence-corrected chi connectivity index (χ2v) is 10.4. The predicted molar refractivity (Wildman–Crippen MR) is 144 cm³/mol. The molecule has 1 saturated heterocycles. The number of anilines is 1. The highest BCUT2D eigenvalue weighted by Gasteiger charge is 2.27. The summed E-state index contributed by atoms with van der Waals surface area (Å²) >= 11 is 0. The average molecular weight is 496 g/mol. The summed E-state index contributed by atoms with van der Waals surface area (Å²) in [5, 5.41) is 2.97. The van der Waals surface area contributed by atoms with Crippen molar-refractivity contribution in [3.8, 4) is 5.75 Å². The first-order valence-corrected chi connectivity index (χ1v) is 13.0. The first-order chi connectivity index (χ1) is 17.2. The number of nitrogens with one attached hydrogen (secondary N) is 1. The van der Waals surface area contributed by atoms with E-state index in [0.717, 1.165) is 43.7 Å². The predicted octanol–water partition coefficient (Wildman–Crippen LogP) is 6.26. The summed E-state index contributed by atoms with van der Waals surface area (Å²) in [7, 11) is 0. The number of ether oxygens (including phenoxy) is 2. The number of rotatable bonds is 9. The summed E-state index contributed by atoms with van der Waals surface area (Å²) in [5.74, 6) is 0.949. The van der Waals surface area contributed by atoms with Crippen molar-refractivity contribution in [1.29, 1.82) is 0 Å². The van der Waals surface area contributed by atoms with Gasteiger partial charge in [0.25, 0.3) is 0 Å². The Hall–Kier alpha value is -3.22. The third-order valence-electron chi connectivity index (χ3n) is 6.04. The molecule has 7 heteroatoms. The van der Waals surface area contributed by atoms with Crippen molar-refractivity contribution >= 4 is 17.8 Å². The lowest BCUT2D eigenvalue weighted by Crippen LogP contribution is -2.52. The quantitative estimate of drug-likeness (QED) is 0.417. The number of aryl methyl sites for hydroxylation is 2. The van der Waals surface area contributed by atoms with Crippen LogP contribution in [-0.4, -0.2) is 60.3 Å². The van der Waals surface area contributed by atoms with Gasteiger partial charge in [-0.25, -0.2) is 9.59 Å². The van der Waals surface area contributed by atoms with Crippen LogP contribution in [0.25, 0.3) is 0 Å². The van der Waals surface area contributed by atoms with E-state index in [1.165, 1.54) is 17.5 Å². The molecule has 3 amide bonds. The van der Waals surface area contributed by atoms with Crippen LogP contribution in [0.15, 0.2) is 48.5 Å². The molecule has 1 N–H and O–H groups in total. The summed E-state index contributed by atoms with van der Waals surface area (Å²) in [5.41, 5.74) is 2.76. The van der Waals surface area contributed by atoms with Crippen molar-refractivity contribution in [3.63, 3.8) is 0 Å². The van der Waals surface area contributed by atoms with Gasteiger partial charge in [-0.1, -0.05) is 37.1 Å². The smallest absolute Gasteiger partial charge is 0.410 e. The maximum Gasteiger partial charge on any atom is 0.410 e. The van der Waals surface area contributed by atoms with E-state index in [0.29, 0.717) is 26.2 Å². The number of amides is 3. The Balaban J connectivity index is 1.29. The first kappa shape index (κ1) is 27.4. The van der Waals surface area contributed by atoms with E-state index in [2.05, 4.69) is 36.5 Å². The minimum atomic E-state index is -0.519. The number of carbonyl (C=O) groups is 2. The SMILES string of the molecule is Cc1cccc(OCCCCCCc2ccc(NC(=O)N3CCN(C(=O)OC(C)(C)C)CC3)cc2)c1. The molecule has 2 aromatic carbocycles. The number of hydrogen-bond acceptors (Lipinski definition) is 4.